The lowest BCUT2D eigenvalue weighted by Gasteiger charge is -2.26. The minimum absolute atomic E-state index is 0.175. The number of anilines is 1. The van der Waals surface area contributed by atoms with E-state index >= 15 is 0 Å². The number of ether oxygens (including phenoxy) is 1. The van der Waals surface area contributed by atoms with Crippen LogP contribution in [-0.2, 0) is 17.9 Å². The number of carbonyl (C=O) groups excluding carboxylic acids is 1. The minimum Gasteiger partial charge on any atom is -0.455 e. The number of amides is 1. The lowest BCUT2D eigenvalue weighted by Crippen LogP contribution is -2.30. The summed E-state index contributed by atoms with van der Waals surface area (Å²) in [4.78, 5) is 15.4. The average Bonchev–Trinajstić information content (AvgIpc) is 3.31. The van der Waals surface area contributed by atoms with Crippen LogP contribution in [0, 0.1) is 0 Å². The van der Waals surface area contributed by atoms with Gasteiger partial charge in [0.05, 0.1) is 24.5 Å². The average molecular weight is 548 g/mol. The minimum atomic E-state index is -0.179. The van der Waals surface area contributed by atoms with Gasteiger partial charge in [-0.05, 0) is 61.8 Å². The summed E-state index contributed by atoms with van der Waals surface area (Å²) in [5, 5.41) is 13.2. The lowest BCUT2D eigenvalue weighted by molar-refractivity contribution is -0.113. The highest BCUT2D eigenvalue weighted by Gasteiger charge is 2.19. The monoisotopic (exact) mass is 547 g/mol. The molecule has 1 fully saturated rings. The molecule has 1 aliphatic rings. The van der Waals surface area contributed by atoms with E-state index in [1.807, 2.05) is 48.5 Å². The van der Waals surface area contributed by atoms with Crippen molar-refractivity contribution < 1.29 is 9.53 Å². The van der Waals surface area contributed by atoms with Gasteiger partial charge in [0.2, 0.25) is 5.91 Å². The number of piperidine rings is 1. The van der Waals surface area contributed by atoms with Crippen LogP contribution in [0.25, 0.3) is 0 Å². The Kier molecular flexibility index (Phi) is 8.96. The first kappa shape index (κ1) is 26.3. The number of likely N-dealkylation sites (tertiary alicyclic amines) is 1. The smallest absolute Gasteiger partial charge is 0.234 e. The first-order valence-electron chi connectivity index (χ1n) is 12.8. The number of halogens is 1. The highest BCUT2D eigenvalue weighted by molar-refractivity contribution is 7.99. The number of rotatable bonds is 10. The third-order valence-electron chi connectivity index (χ3n) is 6.31. The number of hydrogen-bond donors (Lipinski definition) is 1. The SMILES string of the molecule is O=C(CSc1nnc(CN2CCCCC2)n1Cc1ccccc1)Nc1cc(Cl)ccc1Oc1ccccc1. The van der Waals surface area contributed by atoms with E-state index in [2.05, 4.69) is 37.1 Å². The molecule has 196 valence electrons. The maximum absolute atomic E-state index is 13.0. The number of nitrogens with one attached hydrogen (secondary N) is 1. The number of hydrogen-bond acceptors (Lipinski definition) is 6. The predicted octanol–water partition coefficient (Wildman–Crippen LogP) is 6.49. The van der Waals surface area contributed by atoms with Crippen LogP contribution in [0.3, 0.4) is 0 Å². The molecule has 0 saturated carbocycles. The van der Waals surface area contributed by atoms with E-state index in [-0.39, 0.29) is 11.7 Å². The first-order valence-corrected chi connectivity index (χ1v) is 14.1. The molecule has 1 aromatic heterocycles. The summed E-state index contributed by atoms with van der Waals surface area (Å²) < 4.78 is 8.11. The summed E-state index contributed by atoms with van der Waals surface area (Å²) in [5.41, 5.74) is 1.68. The molecule has 1 aliphatic heterocycles. The Morgan fingerprint density at radius 3 is 2.42 bits per heavy atom. The van der Waals surface area contributed by atoms with Gasteiger partial charge in [-0.3, -0.25) is 9.69 Å². The van der Waals surface area contributed by atoms with Gasteiger partial charge in [0, 0.05) is 5.02 Å². The highest BCUT2D eigenvalue weighted by atomic mass is 35.5. The van der Waals surface area contributed by atoms with Crippen molar-refractivity contribution in [1.29, 1.82) is 0 Å². The second kappa shape index (κ2) is 13.0. The van der Waals surface area contributed by atoms with Crippen molar-refractivity contribution in [2.75, 3.05) is 24.2 Å². The Balaban J connectivity index is 1.28. The molecule has 0 unspecified atom stereocenters. The molecule has 0 atom stereocenters. The van der Waals surface area contributed by atoms with Crippen LogP contribution in [0.5, 0.6) is 11.5 Å². The van der Waals surface area contributed by atoms with Crippen LogP contribution in [0.4, 0.5) is 5.69 Å². The van der Waals surface area contributed by atoms with Crippen molar-refractivity contribution >= 4 is 35.0 Å². The predicted molar refractivity (Wildman–Crippen MR) is 152 cm³/mol. The number of aromatic nitrogens is 3. The van der Waals surface area contributed by atoms with Gasteiger partial charge in [-0.15, -0.1) is 10.2 Å². The van der Waals surface area contributed by atoms with Gasteiger partial charge in [0.15, 0.2) is 10.9 Å². The maximum Gasteiger partial charge on any atom is 0.234 e. The topological polar surface area (TPSA) is 72.3 Å². The van der Waals surface area contributed by atoms with Crippen LogP contribution in [0.1, 0.15) is 30.7 Å². The van der Waals surface area contributed by atoms with Crippen molar-refractivity contribution in [3.8, 4) is 11.5 Å². The molecule has 1 saturated heterocycles. The summed E-state index contributed by atoms with van der Waals surface area (Å²) in [6, 6.07) is 24.9. The Morgan fingerprint density at radius 2 is 1.66 bits per heavy atom. The molecule has 0 spiro atoms. The van der Waals surface area contributed by atoms with Gasteiger partial charge >= 0.3 is 0 Å². The second-order valence-electron chi connectivity index (χ2n) is 9.20. The van der Waals surface area contributed by atoms with E-state index in [4.69, 9.17) is 16.3 Å². The summed E-state index contributed by atoms with van der Waals surface area (Å²) in [5.74, 6) is 2.12. The van der Waals surface area contributed by atoms with Crippen LogP contribution >= 0.6 is 23.4 Å². The summed E-state index contributed by atoms with van der Waals surface area (Å²) in [6.07, 6.45) is 3.72. The van der Waals surface area contributed by atoms with E-state index in [0.29, 0.717) is 28.8 Å². The molecule has 5 rings (SSSR count). The normalized spacial score (nSPS) is 13.8. The molecule has 0 bridgehead atoms. The van der Waals surface area contributed by atoms with Gasteiger partial charge < -0.3 is 14.6 Å². The molecule has 4 aromatic rings. The fourth-order valence-corrected chi connectivity index (χ4v) is 5.33. The fourth-order valence-electron chi connectivity index (χ4n) is 4.41. The molecule has 0 radical (unpaired) electrons. The summed E-state index contributed by atoms with van der Waals surface area (Å²) in [6.45, 7) is 3.58. The Morgan fingerprint density at radius 1 is 0.921 bits per heavy atom. The van der Waals surface area contributed by atoms with Gasteiger partial charge in [-0.2, -0.15) is 0 Å². The second-order valence-corrected chi connectivity index (χ2v) is 10.6. The number of carbonyl (C=O) groups is 1. The lowest BCUT2D eigenvalue weighted by atomic mass is 10.1. The van der Waals surface area contributed by atoms with Crippen LogP contribution in [0.2, 0.25) is 5.02 Å². The van der Waals surface area contributed by atoms with Crippen molar-refractivity contribution in [3.05, 3.63) is 95.3 Å². The van der Waals surface area contributed by atoms with Crippen LogP contribution in [0.15, 0.2) is 84.0 Å². The Bertz CT molecular complexity index is 1340. The quantitative estimate of drug-likeness (QED) is 0.229. The zero-order valence-electron chi connectivity index (χ0n) is 21.1. The number of thioether (sulfide) groups is 1. The van der Waals surface area contributed by atoms with Gasteiger partial charge in [-0.25, -0.2) is 0 Å². The van der Waals surface area contributed by atoms with Gasteiger partial charge in [0.25, 0.3) is 0 Å². The van der Waals surface area contributed by atoms with E-state index < -0.39 is 0 Å². The molecule has 9 heteroatoms. The molecule has 0 aliphatic carbocycles. The van der Waals surface area contributed by atoms with Crippen molar-refractivity contribution in [2.45, 2.75) is 37.5 Å². The van der Waals surface area contributed by atoms with E-state index in [1.54, 1.807) is 18.2 Å². The molecular formula is C29H30ClN5O2S. The number of para-hydroxylation sites is 1. The van der Waals surface area contributed by atoms with E-state index in [0.717, 1.165) is 30.6 Å². The molecule has 7 nitrogen and oxygen atoms in total. The number of nitrogens with zero attached hydrogens (tertiary/aromatic N) is 4. The van der Waals surface area contributed by atoms with Crippen LogP contribution in [-0.4, -0.2) is 44.4 Å². The fraction of sp³-hybridized carbons (Fsp3) is 0.276. The molecule has 1 amide bonds. The maximum atomic E-state index is 13.0. The third-order valence-corrected chi connectivity index (χ3v) is 7.51. The molecule has 3 aromatic carbocycles. The largest absolute Gasteiger partial charge is 0.455 e. The zero-order valence-corrected chi connectivity index (χ0v) is 22.6. The van der Waals surface area contributed by atoms with Crippen molar-refractivity contribution in [1.82, 2.24) is 19.7 Å². The van der Waals surface area contributed by atoms with Crippen molar-refractivity contribution in [3.63, 3.8) is 0 Å². The first-order chi connectivity index (χ1) is 18.6. The number of benzene rings is 3. The molecule has 2 heterocycles. The summed E-state index contributed by atoms with van der Waals surface area (Å²) >= 11 is 7.59. The highest BCUT2D eigenvalue weighted by Crippen LogP contribution is 2.32. The molecule has 1 N–H and O–H groups in total. The third kappa shape index (κ3) is 7.16. The summed E-state index contributed by atoms with van der Waals surface area (Å²) in [7, 11) is 0. The molecule has 38 heavy (non-hydrogen) atoms. The van der Waals surface area contributed by atoms with Gasteiger partial charge in [0.1, 0.15) is 11.6 Å². The Hall–Kier alpha value is -3.33. The standard InChI is InChI=1S/C29H30ClN5O2S/c30-23-14-15-26(37-24-12-6-2-7-13-24)25(18-23)31-28(36)21-38-29-33-32-27(20-34-16-8-3-9-17-34)35(29)19-22-10-4-1-5-11-22/h1-2,4-7,10-15,18H,3,8-9,16-17,19-21H2,(H,31,36). The van der Waals surface area contributed by atoms with Crippen molar-refractivity contribution in [2.24, 2.45) is 0 Å². The molecular weight excluding hydrogens is 518 g/mol. The van der Waals surface area contributed by atoms with E-state index in [1.165, 1.54) is 36.6 Å². The van der Waals surface area contributed by atoms with E-state index in [9.17, 15) is 4.79 Å². The zero-order chi connectivity index (χ0) is 26.2. The van der Waals surface area contributed by atoms with Gasteiger partial charge in [-0.1, -0.05) is 78.3 Å². The Labute approximate surface area is 232 Å². The van der Waals surface area contributed by atoms with Crippen LogP contribution < -0.4 is 10.1 Å².